The number of hydrogen-bond donors (Lipinski definition) is 1. The molecule has 0 unspecified atom stereocenters. The van der Waals surface area contributed by atoms with Gasteiger partial charge in [0.25, 0.3) is 0 Å². The number of ketones is 1. The van der Waals surface area contributed by atoms with Crippen molar-refractivity contribution >= 4 is 5.78 Å². The van der Waals surface area contributed by atoms with Crippen molar-refractivity contribution in [3.8, 4) is 11.5 Å². The molecule has 0 saturated carbocycles. The van der Waals surface area contributed by atoms with Crippen LogP contribution in [0.15, 0.2) is 42.5 Å². The summed E-state index contributed by atoms with van der Waals surface area (Å²) in [5.41, 5.74) is 1.51. The van der Waals surface area contributed by atoms with Gasteiger partial charge in [-0.1, -0.05) is 44.2 Å². The zero-order chi connectivity index (χ0) is 16.8. The molecule has 0 bridgehead atoms. The third kappa shape index (κ3) is 3.71. The number of benzene rings is 2. The van der Waals surface area contributed by atoms with Gasteiger partial charge in [0, 0.05) is 12.1 Å². The van der Waals surface area contributed by atoms with Crippen molar-refractivity contribution in [3.05, 3.63) is 59.2 Å². The zero-order valence-electron chi connectivity index (χ0n) is 13.9. The fourth-order valence-corrected chi connectivity index (χ4v) is 2.56. The number of carbonyl (C=O) groups excluding carboxylic acids is 1. The number of nitrogens with zero attached hydrogens (tertiary/aromatic N) is 1. The van der Waals surface area contributed by atoms with Gasteiger partial charge in [0.05, 0.1) is 18.2 Å². The van der Waals surface area contributed by atoms with Crippen LogP contribution in [0.5, 0.6) is 11.5 Å². The standard InChI is InChI=1S/C19H23NO3/c1-4-20(5-2)13-16-17(23-3)12-11-15(19(16)22)18(21)14-9-7-6-8-10-14/h6-12,22H,4-5,13H2,1-3H3. The van der Waals surface area contributed by atoms with Crippen LogP contribution >= 0.6 is 0 Å². The molecule has 0 spiro atoms. The topological polar surface area (TPSA) is 49.8 Å². The van der Waals surface area contributed by atoms with Crippen molar-refractivity contribution in [2.75, 3.05) is 20.2 Å². The molecule has 2 rings (SSSR count). The van der Waals surface area contributed by atoms with Crippen molar-refractivity contribution in [1.82, 2.24) is 4.90 Å². The summed E-state index contributed by atoms with van der Waals surface area (Å²) in [5, 5.41) is 10.6. The summed E-state index contributed by atoms with van der Waals surface area (Å²) in [4.78, 5) is 14.8. The zero-order valence-corrected chi connectivity index (χ0v) is 13.9. The van der Waals surface area contributed by atoms with Crippen LogP contribution < -0.4 is 4.74 Å². The molecule has 23 heavy (non-hydrogen) atoms. The van der Waals surface area contributed by atoms with Gasteiger partial charge in [-0.05, 0) is 25.2 Å². The van der Waals surface area contributed by atoms with Crippen LogP contribution in [0.3, 0.4) is 0 Å². The molecular formula is C19H23NO3. The first-order valence-electron chi connectivity index (χ1n) is 7.83. The Morgan fingerprint density at radius 1 is 1.09 bits per heavy atom. The second kappa shape index (κ2) is 7.79. The first kappa shape index (κ1) is 17.0. The number of hydrogen-bond acceptors (Lipinski definition) is 4. The lowest BCUT2D eigenvalue weighted by atomic mass is 9.99. The minimum absolute atomic E-state index is 0.00473. The Bertz CT molecular complexity index is 664. The predicted octanol–water partition coefficient (Wildman–Crippen LogP) is 3.47. The highest BCUT2D eigenvalue weighted by atomic mass is 16.5. The quantitative estimate of drug-likeness (QED) is 0.795. The monoisotopic (exact) mass is 313 g/mol. The summed E-state index contributed by atoms with van der Waals surface area (Å²) in [6.07, 6.45) is 0. The number of phenolic OH excluding ortho intramolecular Hbond substituents is 1. The van der Waals surface area contributed by atoms with Crippen molar-refractivity contribution in [3.63, 3.8) is 0 Å². The molecule has 4 nitrogen and oxygen atoms in total. The number of methoxy groups -OCH3 is 1. The molecule has 0 heterocycles. The van der Waals surface area contributed by atoms with Gasteiger partial charge in [-0.3, -0.25) is 9.69 Å². The molecule has 4 heteroatoms. The van der Waals surface area contributed by atoms with Crippen LogP contribution in [0, 0.1) is 0 Å². The molecular weight excluding hydrogens is 290 g/mol. The third-order valence-corrected chi connectivity index (χ3v) is 4.02. The molecule has 0 aliphatic carbocycles. The first-order chi connectivity index (χ1) is 11.1. The summed E-state index contributed by atoms with van der Waals surface area (Å²) < 4.78 is 5.36. The summed E-state index contributed by atoms with van der Waals surface area (Å²) in [6, 6.07) is 12.3. The molecule has 0 amide bonds. The van der Waals surface area contributed by atoms with Crippen molar-refractivity contribution in [2.45, 2.75) is 20.4 Å². The average molecular weight is 313 g/mol. The molecule has 2 aromatic rings. The Kier molecular flexibility index (Phi) is 5.77. The number of carbonyl (C=O) groups is 1. The lowest BCUT2D eigenvalue weighted by Crippen LogP contribution is -2.22. The fraction of sp³-hybridized carbons (Fsp3) is 0.316. The number of aromatic hydroxyl groups is 1. The maximum absolute atomic E-state index is 12.6. The van der Waals surface area contributed by atoms with Gasteiger partial charge in [0.15, 0.2) is 5.78 Å². The molecule has 0 aliphatic rings. The Labute approximate surface area is 137 Å². The summed E-state index contributed by atoms with van der Waals surface area (Å²) >= 11 is 0. The van der Waals surface area contributed by atoms with Gasteiger partial charge in [-0.2, -0.15) is 0 Å². The van der Waals surface area contributed by atoms with Crippen LogP contribution in [0.2, 0.25) is 0 Å². The van der Waals surface area contributed by atoms with E-state index in [1.807, 2.05) is 18.2 Å². The average Bonchev–Trinajstić information content (AvgIpc) is 2.60. The van der Waals surface area contributed by atoms with Crippen LogP contribution in [-0.4, -0.2) is 36.0 Å². The third-order valence-electron chi connectivity index (χ3n) is 4.02. The van der Waals surface area contributed by atoms with Crippen LogP contribution in [0.4, 0.5) is 0 Å². The summed E-state index contributed by atoms with van der Waals surface area (Å²) in [6.45, 7) is 6.38. The van der Waals surface area contributed by atoms with E-state index in [4.69, 9.17) is 4.74 Å². The van der Waals surface area contributed by atoms with E-state index in [2.05, 4.69) is 18.7 Å². The highest BCUT2D eigenvalue weighted by Gasteiger charge is 2.20. The molecule has 0 radical (unpaired) electrons. The van der Waals surface area contributed by atoms with E-state index in [-0.39, 0.29) is 11.5 Å². The van der Waals surface area contributed by atoms with Crippen LogP contribution in [0.1, 0.15) is 35.3 Å². The predicted molar refractivity (Wildman–Crippen MR) is 91.2 cm³/mol. The molecule has 122 valence electrons. The van der Waals surface area contributed by atoms with E-state index in [9.17, 15) is 9.90 Å². The normalized spacial score (nSPS) is 10.8. The van der Waals surface area contributed by atoms with E-state index >= 15 is 0 Å². The molecule has 0 aliphatic heterocycles. The highest BCUT2D eigenvalue weighted by molar-refractivity contribution is 6.11. The van der Waals surface area contributed by atoms with E-state index in [1.54, 1.807) is 31.4 Å². The highest BCUT2D eigenvalue weighted by Crippen LogP contribution is 2.33. The van der Waals surface area contributed by atoms with Crippen molar-refractivity contribution in [2.24, 2.45) is 0 Å². The number of phenols is 1. The molecule has 0 fully saturated rings. The Morgan fingerprint density at radius 2 is 1.74 bits per heavy atom. The molecule has 1 N–H and O–H groups in total. The van der Waals surface area contributed by atoms with Gasteiger partial charge in [0.1, 0.15) is 11.5 Å². The minimum Gasteiger partial charge on any atom is -0.507 e. The van der Waals surface area contributed by atoms with E-state index < -0.39 is 0 Å². The van der Waals surface area contributed by atoms with Gasteiger partial charge in [0.2, 0.25) is 0 Å². The smallest absolute Gasteiger partial charge is 0.196 e. The molecule has 0 atom stereocenters. The van der Waals surface area contributed by atoms with Gasteiger partial charge >= 0.3 is 0 Å². The lowest BCUT2D eigenvalue weighted by Gasteiger charge is -2.21. The van der Waals surface area contributed by atoms with Crippen molar-refractivity contribution < 1.29 is 14.6 Å². The number of rotatable bonds is 7. The lowest BCUT2D eigenvalue weighted by molar-refractivity contribution is 0.103. The Morgan fingerprint density at radius 3 is 2.30 bits per heavy atom. The fourth-order valence-electron chi connectivity index (χ4n) is 2.56. The Balaban J connectivity index is 2.44. The molecule has 0 aromatic heterocycles. The maximum atomic E-state index is 12.6. The van der Waals surface area contributed by atoms with E-state index in [1.165, 1.54) is 0 Å². The number of ether oxygens (including phenoxy) is 1. The van der Waals surface area contributed by atoms with Gasteiger partial charge in [-0.15, -0.1) is 0 Å². The van der Waals surface area contributed by atoms with Crippen LogP contribution in [0.25, 0.3) is 0 Å². The largest absolute Gasteiger partial charge is 0.507 e. The summed E-state index contributed by atoms with van der Waals surface area (Å²) in [7, 11) is 1.57. The van der Waals surface area contributed by atoms with Crippen LogP contribution in [-0.2, 0) is 6.54 Å². The van der Waals surface area contributed by atoms with E-state index in [0.717, 1.165) is 13.1 Å². The molecule has 2 aromatic carbocycles. The first-order valence-corrected chi connectivity index (χ1v) is 7.83. The van der Waals surface area contributed by atoms with E-state index in [0.29, 0.717) is 29.0 Å². The second-order valence-corrected chi connectivity index (χ2v) is 5.30. The van der Waals surface area contributed by atoms with Gasteiger partial charge in [-0.25, -0.2) is 0 Å². The minimum atomic E-state index is -0.188. The second-order valence-electron chi connectivity index (χ2n) is 5.30. The van der Waals surface area contributed by atoms with Gasteiger partial charge < -0.3 is 9.84 Å². The maximum Gasteiger partial charge on any atom is 0.196 e. The SMILES string of the molecule is CCN(CC)Cc1c(OC)ccc(C(=O)c2ccccc2)c1O. The summed E-state index contributed by atoms with van der Waals surface area (Å²) in [5.74, 6) is 0.413. The Hall–Kier alpha value is -2.33. The van der Waals surface area contributed by atoms with Crippen molar-refractivity contribution in [1.29, 1.82) is 0 Å². The molecule has 0 saturated heterocycles.